The third kappa shape index (κ3) is 6.85. The Bertz CT molecular complexity index is 941. The molecular formula is C21H24N2O5S. The zero-order valence-electron chi connectivity index (χ0n) is 16.1. The molecular weight excluding hydrogens is 392 g/mol. The average molecular weight is 416 g/mol. The van der Waals surface area contributed by atoms with Gasteiger partial charge < -0.3 is 10.1 Å². The zero-order chi connectivity index (χ0) is 21.3. The monoisotopic (exact) mass is 416 g/mol. The Kier molecular flexibility index (Phi) is 8.11. The van der Waals surface area contributed by atoms with Gasteiger partial charge in [0.25, 0.3) is 5.91 Å². The number of carbonyl (C=O) groups excluding carboxylic acids is 2. The van der Waals surface area contributed by atoms with E-state index in [2.05, 4.69) is 16.6 Å². The summed E-state index contributed by atoms with van der Waals surface area (Å²) in [7, 11) is -3.67. The van der Waals surface area contributed by atoms with Crippen LogP contribution in [0.2, 0.25) is 0 Å². The van der Waals surface area contributed by atoms with Crippen LogP contribution in [-0.4, -0.2) is 39.5 Å². The van der Waals surface area contributed by atoms with Crippen molar-refractivity contribution in [1.82, 2.24) is 10.0 Å². The molecule has 0 heterocycles. The molecule has 0 spiro atoms. The van der Waals surface area contributed by atoms with Crippen molar-refractivity contribution in [3.05, 3.63) is 78.4 Å². The van der Waals surface area contributed by atoms with Crippen molar-refractivity contribution in [2.45, 2.75) is 24.3 Å². The normalized spacial score (nSPS) is 12.0. The largest absolute Gasteiger partial charge is 0.449 e. The minimum absolute atomic E-state index is 0.0163. The quantitative estimate of drug-likeness (QED) is 0.456. The Labute approximate surface area is 170 Å². The Balaban J connectivity index is 1.86. The fraction of sp³-hybridized carbons (Fsp3) is 0.238. The molecule has 2 aromatic rings. The molecule has 0 saturated heterocycles. The van der Waals surface area contributed by atoms with Gasteiger partial charge in [0.05, 0.1) is 10.5 Å². The number of rotatable bonds is 10. The lowest BCUT2D eigenvalue weighted by Crippen LogP contribution is -2.36. The Hall–Kier alpha value is -2.97. The Morgan fingerprint density at radius 3 is 2.38 bits per heavy atom. The molecule has 8 heteroatoms. The van der Waals surface area contributed by atoms with Gasteiger partial charge >= 0.3 is 5.97 Å². The second kappa shape index (κ2) is 10.5. The van der Waals surface area contributed by atoms with Gasteiger partial charge in [-0.15, -0.1) is 6.58 Å². The fourth-order valence-electron chi connectivity index (χ4n) is 2.42. The highest BCUT2D eigenvalue weighted by atomic mass is 32.2. The Morgan fingerprint density at radius 2 is 1.76 bits per heavy atom. The van der Waals surface area contributed by atoms with E-state index in [0.29, 0.717) is 13.0 Å². The van der Waals surface area contributed by atoms with Gasteiger partial charge in [0.15, 0.2) is 6.10 Å². The number of carbonyl (C=O) groups is 2. The van der Waals surface area contributed by atoms with Crippen LogP contribution < -0.4 is 10.0 Å². The minimum atomic E-state index is -3.67. The SMILES string of the molecule is C=CCNS(=O)(=O)c1ccc(C(=O)O[C@@H](C)C(=O)NCCc2ccccc2)cc1. The third-order valence-corrected chi connectivity index (χ3v) is 5.47. The highest BCUT2D eigenvalue weighted by Crippen LogP contribution is 2.12. The highest BCUT2D eigenvalue weighted by molar-refractivity contribution is 7.89. The summed E-state index contributed by atoms with van der Waals surface area (Å²) in [6, 6.07) is 15.0. The molecule has 0 aliphatic heterocycles. The van der Waals surface area contributed by atoms with Gasteiger partial charge in [0.2, 0.25) is 10.0 Å². The lowest BCUT2D eigenvalue weighted by Gasteiger charge is -2.14. The van der Waals surface area contributed by atoms with Crippen molar-refractivity contribution < 1.29 is 22.7 Å². The third-order valence-electron chi connectivity index (χ3n) is 4.03. The molecule has 0 bridgehead atoms. The summed E-state index contributed by atoms with van der Waals surface area (Å²) in [4.78, 5) is 24.3. The number of amides is 1. The fourth-order valence-corrected chi connectivity index (χ4v) is 3.42. The van der Waals surface area contributed by atoms with E-state index in [1.807, 2.05) is 30.3 Å². The van der Waals surface area contributed by atoms with Crippen LogP contribution in [0.5, 0.6) is 0 Å². The van der Waals surface area contributed by atoms with Crippen molar-refractivity contribution in [1.29, 1.82) is 0 Å². The van der Waals surface area contributed by atoms with Crippen molar-refractivity contribution >= 4 is 21.9 Å². The van der Waals surface area contributed by atoms with E-state index in [-0.39, 0.29) is 17.0 Å². The van der Waals surface area contributed by atoms with Crippen molar-refractivity contribution in [3.63, 3.8) is 0 Å². The second-order valence-electron chi connectivity index (χ2n) is 6.24. The van der Waals surface area contributed by atoms with Crippen LogP contribution >= 0.6 is 0 Å². The number of ether oxygens (including phenoxy) is 1. The van der Waals surface area contributed by atoms with Crippen LogP contribution in [0.4, 0.5) is 0 Å². The molecule has 0 radical (unpaired) electrons. The lowest BCUT2D eigenvalue weighted by atomic mass is 10.1. The number of benzene rings is 2. The maximum atomic E-state index is 12.2. The standard InChI is InChI=1S/C21H24N2O5S/c1-3-14-23-29(26,27)19-11-9-18(10-12-19)21(25)28-16(2)20(24)22-15-13-17-7-5-4-6-8-17/h3-12,16,23H,1,13-15H2,2H3,(H,22,24)/t16-/m0/s1. The van der Waals surface area contributed by atoms with Crippen LogP contribution in [-0.2, 0) is 26.0 Å². The van der Waals surface area contributed by atoms with Gasteiger partial charge in [-0.1, -0.05) is 36.4 Å². The van der Waals surface area contributed by atoms with Crippen molar-refractivity contribution in [2.24, 2.45) is 0 Å². The Morgan fingerprint density at radius 1 is 1.10 bits per heavy atom. The molecule has 154 valence electrons. The molecule has 2 N–H and O–H groups in total. The predicted octanol–water partition coefficient (Wildman–Crippen LogP) is 2.06. The highest BCUT2D eigenvalue weighted by Gasteiger charge is 2.19. The van der Waals surface area contributed by atoms with Crippen LogP contribution in [0.15, 0.2) is 72.1 Å². The van der Waals surface area contributed by atoms with Gasteiger partial charge in [-0.25, -0.2) is 17.9 Å². The van der Waals surface area contributed by atoms with E-state index in [1.54, 1.807) is 0 Å². The molecule has 0 aliphatic carbocycles. The molecule has 0 fully saturated rings. The molecule has 2 rings (SSSR count). The first-order chi connectivity index (χ1) is 13.8. The lowest BCUT2D eigenvalue weighted by molar-refractivity contribution is -0.129. The summed E-state index contributed by atoms with van der Waals surface area (Å²) >= 11 is 0. The summed E-state index contributed by atoms with van der Waals surface area (Å²) in [6.45, 7) is 5.46. The van der Waals surface area contributed by atoms with Crippen LogP contribution in [0.25, 0.3) is 0 Å². The van der Waals surface area contributed by atoms with Gasteiger partial charge in [-0.2, -0.15) is 0 Å². The molecule has 2 aromatic carbocycles. The first-order valence-electron chi connectivity index (χ1n) is 9.06. The van der Waals surface area contributed by atoms with Gasteiger partial charge in [0.1, 0.15) is 0 Å². The molecule has 7 nitrogen and oxygen atoms in total. The van der Waals surface area contributed by atoms with Gasteiger partial charge in [-0.3, -0.25) is 4.79 Å². The van der Waals surface area contributed by atoms with Crippen LogP contribution in [0.1, 0.15) is 22.8 Å². The average Bonchev–Trinajstić information content (AvgIpc) is 2.73. The summed E-state index contributed by atoms with van der Waals surface area (Å²) in [5.41, 5.74) is 1.24. The first kappa shape index (κ1) is 22.3. The van der Waals surface area contributed by atoms with Crippen LogP contribution in [0.3, 0.4) is 0 Å². The van der Waals surface area contributed by atoms with E-state index in [4.69, 9.17) is 4.74 Å². The molecule has 0 aliphatic rings. The number of hydrogen-bond acceptors (Lipinski definition) is 5. The van der Waals surface area contributed by atoms with E-state index < -0.39 is 28.0 Å². The number of hydrogen-bond donors (Lipinski definition) is 2. The molecule has 1 atom stereocenters. The van der Waals surface area contributed by atoms with E-state index in [9.17, 15) is 18.0 Å². The topological polar surface area (TPSA) is 102 Å². The van der Waals surface area contributed by atoms with Gasteiger partial charge in [0, 0.05) is 13.1 Å². The molecule has 1 amide bonds. The molecule has 0 unspecified atom stereocenters. The van der Waals surface area contributed by atoms with E-state index in [0.717, 1.165) is 5.56 Å². The summed E-state index contributed by atoms with van der Waals surface area (Å²) in [5, 5.41) is 2.72. The maximum Gasteiger partial charge on any atom is 0.338 e. The molecule has 29 heavy (non-hydrogen) atoms. The number of nitrogens with one attached hydrogen (secondary N) is 2. The first-order valence-corrected chi connectivity index (χ1v) is 10.5. The summed E-state index contributed by atoms with van der Waals surface area (Å²) < 4.78 is 31.5. The minimum Gasteiger partial charge on any atom is -0.449 e. The number of esters is 1. The zero-order valence-corrected chi connectivity index (χ0v) is 16.9. The predicted molar refractivity (Wildman–Crippen MR) is 110 cm³/mol. The van der Waals surface area contributed by atoms with Crippen molar-refractivity contribution in [3.8, 4) is 0 Å². The molecule has 0 saturated carbocycles. The second-order valence-corrected chi connectivity index (χ2v) is 8.01. The maximum absolute atomic E-state index is 12.2. The molecule has 0 aromatic heterocycles. The summed E-state index contributed by atoms with van der Waals surface area (Å²) in [5.74, 6) is -1.11. The number of sulfonamides is 1. The van der Waals surface area contributed by atoms with Crippen molar-refractivity contribution in [2.75, 3.05) is 13.1 Å². The smallest absolute Gasteiger partial charge is 0.338 e. The van der Waals surface area contributed by atoms with E-state index >= 15 is 0 Å². The van der Waals surface area contributed by atoms with Crippen LogP contribution in [0, 0.1) is 0 Å². The summed E-state index contributed by atoms with van der Waals surface area (Å²) in [6.07, 6.45) is 1.12. The van der Waals surface area contributed by atoms with Gasteiger partial charge in [-0.05, 0) is 43.2 Å². The van der Waals surface area contributed by atoms with E-state index in [1.165, 1.54) is 37.3 Å².